The zero-order chi connectivity index (χ0) is 25.2. The molecular weight excluding hydrogens is 454 g/mol. The van der Waals surface area contributed by atoms with Gasteiger partial charge in [-0.25, -0.2) is 18.4 Å². The number of carbonyl (C=O) groups excluding carboxylic acids is 2. The van der Waals surface area contributed by atoms with Crippen molar-refractivity contribution in [2.24, 2.45) is 0 Å². The minimum Gasteiger partial charge on any atom is -0.390 e. The van der Waals surface area contributed by atoms with E-state index in [1.807, 2.05) is 24.3 Å². The Morgan fingerprint density at radius 3 is 2.37 bits per heavy atom. The van der Waals surface area contributed by atoms with Crippen LogP contribution in [0.25, 0.3) is 0 Å². The molecule has 0 bridgehead atoms. The number of nitrogens with one attached hydrogen (secondary N) is 2. The van der Waals surface area contributed by atoms with E-state index in [1.165, 1.54) is 11.0 Å². The number of nitrogens with zero attached hydrogens (tertiary/aromatic N) is 2. The van der Waals surface area contributed by atoms with Crippen LogP contribution in [0.15, 0.2) is 36.4 Å². The molecule has 1 saturated heterocycles. The first-order chi connectivity index (χ1) is 16.6. The van der Waals surface area contributed by atoms with Crippen molar-refractivity contribution in [2.45, 2.75) is 57.7 Å². The Balaban J connectivity index is 1.25. The Labute approximate surface area is 204 Å². The summed E-state index contributed by atoms with van der Waals surface area (Å²) >= 11 is 0. The molecule has 0 radical (unpaired) electrons. The highest BCUT2D eigenvalue weighted by molar-refractivity contribution is 5.89. The van der Waals surface area contributed by atoms with Crippen molar-refractivity contribution in [3.63, 3.8) is 0 Å². The third kappa shape index (κ3) is 6.28. The maximum absolute atomic E-state index is 14.0. The van der Waals surface area contributed by atoms with Gasteiger partial charge in [0.15, 0.2) is 0 Å². The number of hydrogen-bond donors (Lipinski definition) is 3. The highest BCUT2D eigenvalue weighted by Gasteiger charge is 2.27. The molecule has 0 unspecified atom stereocenters. The van der Waals surface area contributed by atoms with Crippen molar-refractivity contribution in [1.29, 1.82) is 0 Å². The molecule has 1 fully saturated rings. The highest BCUT2D eigenvalue weighted by Crippen LogP contribution is 2.30. The van der Waals surface area contributed by atoms with E-state index in [4.69, 9.17) is 0 Å². The van der Waals surface area contributed by atoms with Gasteiger partial charge in [0, 0.05) is 43.5 Å². The summed E-state index contributed by atoms with van der Waals surface area (Å²) in [7, 11) is 0. The second-order valence-electron chi connectivity index (χ2n) is 9.99. The minimum absolute atomic E-state index is 0.0996. The summed E-state index contributed by atoms with van der Waals surface area (Å²) in [5, 5.41) is 15.5. The van der Waals surface area contributed by atoms with Gasteiger partial charge in [0.05, 0.1) is 12.1 Å². The molecule has 2 aliphatic heterocycles. The fourth-order valence-electron chi connectivity index (χ4n) is 4.62. The minimum atomic E-state index is -0.803. The van der Waals surface area contributed by atoms with Crippen LogP contribution < -0.4 is 10.6 Å². The van der Waals surface area contributed by atoms with Gasteiger partial charge in [0.25, 0.3) is 0 Å². The number of benzene rings is 2. The van der Waals surface area contributed by atoms with E-state index in [0.29, 0.717) is 48.8 Å². The van der Waals surface area contributed by atoms with Crippen molar-refractivity contribution in [1.82, 2.24) is 15.1 Å². The van der Waals surface area contributed by atoms with Crippen molar-refractivity contribution in [3.05, 3.63) is 64.7 Å². The second kappa shape index (κ2) is 10.2. The lowest BCUT2D eigenvalue weighted by molar-refractivity contribution is 0.0713. The smallest absolute Gasteiger partial charge is 0.322 e. The lowest BCUT2D eigenvalue weighted by atomic mass is 9.89. The first kappa shape index (κ1) is 24.9. The highest BCUT2D eigenvalue weighted by atomic mass is 19.1. The number of piperidine rings is 1. The van der Waals surface area contributed by atoms with Crippen LogP contribution in [-0.4, -0.2) is 52.2 Å². The number of aliphatic hydroxyl groups is 1. The number of rotatable bonds is 5. The fraction of sp³-hybridized carbons (Fsp3) is 0.462. The normalized spacial score (nSPS) is 16.3. The van der Waals surface area contributed by atoms with Gasteiger partial charge in [-0.1, -0.05) is 12.1 Å². The Morgan fingerprint density at radius 2 is 1.71 bits per heavy atom. The molecule has 2 aromatic rings. The molecule has 3 N–H and O–H groups in total. The van der Waals surface area contributed by atoms with Crippen LogP contribution in [0, 0.1) is 11.6 Å². The van der Waals surface area contributed by atoms with Gasteiger partial charge in [0.1, 0.15) is 11.6 Å². The molecule has 0 aromatic heterocycles. The second-order valence-corrected chi connectivity index (χ2v) is 9.99. The summed E-state index contributed by atoms with van der Waals surface area (Å²) < 4.78 is 27.4. The van der Waals surface area contributed by atoms with Gasteiger partial charge < -0.3 is 25.5 Å². The number of urea groups is 2. The number of carbonyl (C=O) groups is 2. The van der Waals surface area contributed by atoms with E-state index in [0.717, 1.165) is 24.5 Å². The first-order valence-corrected chi connectivity index (χ1v) is 12.0. The molecule has 4 rings (SSSR count). The number of hydrogen-bond acceptors (Lipinski definition) is 3. The lowest BCUT2D eigenvalue weighted by Crippen LogP contribution is -2.45. The summed E-state index contributed by atoms with van der Waals surface area (Å²) in [6.45, 7) is 5.46. The van der Waals surface area contributed by atoms with Crippen molar-refractivity contribution >= 4 is 17.7 Å². The third-order valence-electron chi connectivity index (χ3n) is 6.68. The number of fused-ring (bicyclic) bond motifs is 1. The average Bonchev–Trinajstić information content (AvgIpc) is 3.23. The monoisotopic (exact) mass is 486 g/mol. The quantitative estimate of drug-likeness (QED) is 0.579. The first-order valence-electron chi connectivity index (χ1n) is 12.0. The Bertz CT molecular complexity index is 1080. The zero-order valence-electron chi connectivity index (χ0n) is 20.1. The SMILES string of the molecule is CC(C)(O)CCNC(=O)N1CCC(c2ccc(NC(=O)N3Cc4cc(F)cc(F)c4C3)cc2)CC1. The number of likely N-dealkylation sites (tertiary alicyclic amines) is 1. The molecule has 7 nitrogen and oxygen atoms in total. The standard InChI is InChI=1S/C26H32F2N4O3/c1-26(2,35)9-10-29-24(33)31-11-7-18(8-12-31)17-3-5-21(6-4-17)30-25(34)32-15-19-13-20(27)14-23(28)22(19)16-32/h3-6,13-14,18,35H,7-12,15-16H2,1-2H3,(H,29,33)(H,30,34). The van der Waals surface area contributed by atoms with Crippen LogP contribution >= 0.6 is 0 Å². The number of amides is 4. The summed E-state index contributed by atoms with van der Waals surface area (Å²) in [5.41, 5.74) is 1.82. The van der Waals surface area contributed by atoms with Gasteiger partial charge in [-0.2, -0.15) is 0 Å². The molecule has 35 heavy (non-hydrogen) atoms. The fourth-order valence-corrected chi connectivity index (χ4v) is 4.62. The van der Waals surface area contributed by atoms with Crippen LogP contribution in [-0.2, 0) is 13.1 Å². The topological polar surface area (TPSA) is 84.9 Å². The molecule has 4 amide bonds. The van der Waals surface area contributed by atoms with E-state index >= 15 is 0 Å². The molecule has 0 aliphatic carbocycles. The average molecular weight is 487 g/mol. The molecule has 2 heterocycles. The molecule has 0 saturated carbocycles. The van der Waals surface area contributed by atoms with Gasteiger partial charge >= 0.3 is 12.1 Å². The maximum atomic E-state index is 14.0. The summed E-state index contributed by atoms with van der Waals surface area (Å²) in [4.78, 5) is 28.2. The largest absolute Gasteiger partial charge is 0.390 e. The van der Waals surface area contributed by atoms with E-state index in [9.17, 15) is 23.5 Å². The van der Waals surface area contributed by atoms with E-state index < -0.39 is 17.2 Å². The predicted octanol–water partition coefficient (Wildman–Crippen LogP) is 4.56. The molecule has 2 aromatic carbocycles. The van der Waals surface area contributed by atoms with E-state index in [-0.39, 0.29) is 25.2 Å². The molecule has 2 aliphatic rings. The Morgan fingerprint density at radius 1 is 1.03 bits per heavy atom. The van der Waals surface area contributed by atoms with Crippen LogP contribution in [0.3, 0.4) is 0 Å². The van der Waals surface area contributed by atoms with Crippen LogP contribution in [0.1, 0.15) is 55.7 Å². The van der Waals surface area contributed by atoms with Gasteiger partial charge in [0.2, 0.25) is 0 Å². The number of halogens is 2. The lowest BCUT2D eigenvalue weighted by Gasteiger charge is -2.32. The molecule has 9 heteroatoms. The van der Waals surface area contributed by atoms with Gasteiger partial charge in [-0.15, -0.1) is 0 Å². The Hall–Kier alpha value is -3.20. The Kier molecular flexibility index (Phi) is 7.25. The predicted molar refractivity (Wildman–Crippen MR) is 129 cm³/mol. The van der Waals surface area contributed by atoms with Crippen molar-refractivity contribution < 1.29 is 23.5 Å². The summed E-state index contributed by atoms with van der Waals surface area (Å²) in [6, 6.07) is 9.29. The summed E-state index contributed by atoms with van der Waals surface area (Å²) in [6.07, 6.45) is 2.19. The molecule has 188 valence electrons. The van der Waals surface area contributed by atoms with Gasteiger partial charge in [-0.05, 0) is 68.4 Å². The van der Waals surface area contributed by atoms with Crippen molar-refractivity contribution in [2.75, 3.05) is 25.0 Å². The molecule has 0 spiro atoms. The van der Waals surface area contributed by atoms with Crippen molar-refractivity contribution in [3.8, 4) is 0 Å². The van der Waals surface area contributed by atoms with Gasteiger partial charge in [-0.3, -0.25) is 0 Å². The number of anilines is 1. The molecule has 0 atom stereocenters. The van der Waals surface area contributed by atoms with Crippen LogP contribution in [0.5, 0.6) is 0 Å². The molecular formula is C26H32F2N4O3. The summed E-state index contributed by atoms with van der Waals surface area (Å²) in [5.74, 6) is -0.945. The zero-order valence-corrected chi connectivity index (χ0v) is 20.1. The van der Waals surface area contributed by atoms with E-state index in [2.05, 4.69) is 10.6 Å². The van der Waals surface area contributed by atoms with Crippen LogP contribution in [0.2, 0.25) is 0 Å². The third-order valence-corrected chi connectivity index (χ3v) is 6.68. The van der Waals surface area contributed by atoms with E-state index in [1.54, 1.807) is 18.7 Å². The van der Waals surface area contributed by atoms with Crippen LogP contribution in [0.4, 0.5) is 24.1 Å². The maximum Gasteiger partial charge on any atom is 0.322 e.